The van der Waals surface area contributed by atoms with Crippen LogP contribution in [0.25, 0.3) is 0 Å². The zero-order chi connectivity index (χ0) is 11.0. The highest BCUT2D eigenvalue weighted by atomic mass is 32.1. The third-order valence-corrected chi connectivity index (χ3v) is 3.79. The van der Waals surface area contributed by atoms with Gasteiger partial charge in [0.15, 0.2) is 5.78 Å². The standard InChI is InChI=1S/C11H17NOS/c1-10(2,11(3,4)12)9(13)8-6-5-7-14-8/h5-7H,12H2,1-4H3. The van der Waals surface area contributed by atoms with Gasteiger partial charge in [0.1, 0.15) is 0 Å². The average Bonchev–Trinajstić information content (AvgIpc) is 2.52. The Bertz CT molecular complexity index is 320. The smallest absolute Gasteiger partial charge is 0.180 e. The normalized spacial score (nSPS) is 12.9. The van der Waals surface area contributed by atoms with E-state index in [4.69, 9.17) is 5.73 Å². The second-order valence-corrected chi connectivity index (χ2v) is 5.60. The van der Waals surface area contributed by atoms with E-state index in [0.717, 1.165) is 4.88 Å². The summed E-state index contributed by atoms with van der Waals surface area (Å²) in [7, 11) is 0. The summed E-state index contributed by atoms with van der Waals surface area (Å²) < 4.78 is 0. The minimum absolute atomic E-state index is 0.125. The van der Waals surface area contributed by atoms with E-state index in [0.29, 0.717) is 0 Å². The van der Waals surface area contributed by atoms with Gasteiger partial charge in [-0.3, -0.25) is 4.79 Å². The lowest BCUT2D eigenvalue weighted by atomic mass is 9.72. The van der Waals surface area contributed by atoms with Crippen LogP contribution in [0.1, 0.15) is 37.4 Å². The van der Waals surface area contributed by atoms with Gasteiger partial charge < -0.3 is 5.73 Å². The van der Waals surface area contributed by atoms with Crippen molar-refractivity contribution in [2.75, 3.05) is 0 Å². The number of hydrogen-bond acceptors (Lipinski definition) is 3. The minimum atomic E-state index is -0.530. The first-order valence-electron chi connectivity index (χ1n) is 4.64. The van der Waals surface area contributed by atoms with Gasteiger partial charge in [-0.15, -0.1) is 11.3 Å². The van der Waals surface area contributed by atoms with Crippen LogP contribution in [0.4, 0.5) is 0 Å². The van der Waals surface area contributed by atoms with E-state index >= 15 is 0 Å². The molecule has 1 aromatic heterocycles. The van der Waals surface area contributed by atoms with Gasteiger partial charge in [0, 0.05) is 11.0 Å². The number of Topliss-reactive ketones (excluding diaryl/α,β-unsaturated/α-hetero) is 1. The summed E-state index contributed by atoms with van der Waals surface area (Å²) in [4.78, 5) is 12.9. The molecule has 14 heavy (non-hydrogen) atoms. The lowest BCUT2D eigenvalue weighted by Crippen LogP contribution is -2.51. The number of rotatable bonds is 3. The van der Waals surface area contributed by atoms with E-state index in [1.165, 1.54) is 11.3 Å². The molecular weight excluding hydrogens is 194 g/mol. The van der Waals surface area contributed by atoms with Gasteiger partial charge in [0.25, 0.3) is 0 Å². The van der Waals surface area contributed by atoms with Gasteiger partial charge in [0.05, 0.1) is 4.88 Å². The third kappa shape index (κ3) is 1.88. The molecular formula is C11H17NOS. The number of carbonyl (C=O) groups is 1. The van der Waals surface area contributed by atoms with Crippen molar-refractivity contribution in [3.63, 3.8) is 0 Å². The molecule has 0 aliphatic rings. The Balaban J connectivity index is 3.01. The molecule has 78 valence electrons. The van der Waals surface area contributed by atoms with Gasteiger partial charge in [-0.1, -0.05) is 19.9 Å². The fraction of sp³-hybridized carbons (Fsp3) is 0.545. The monoisotopic (exact) mass is 211 g/mol. The molecule has 0 unspecified atom stereocenters. The topological polar surface area (TPSA) is 43.1 Å². The molecule has 0 fully saturated rings. The third-order valence-electron chi connectivity index (χ3n) is 2.92. The van der Waals surface area contributed by atoms with Crippen molar-refractivity contribution >= 4 is 17.1 Å². The molecule has 0 aromatic carbocycles. The first-order chi connectivity index (χ1) is 6.27. The van der Waals surface area contributed by atoms with Crippen molar-refractivity contribution in [1.82, 2.24) is 0 Å². The van der Waals surface area contributed by atoms with Crippen LogP contribution in [0.5, 0.6) is 0 Å². The molecule has 1 aromatic rings. The SMILES string of the molecule is CC(C)(N)C(C)(C)C(=O)c1cccs1. The van der Waals surface area contributed by atoms with Crippen molar-refractivity contribution in [3.8, 4) is 0 Å². The van der Waals surface area contributed by atoms with E-state index in [2.05, 4.69) is 0 Å². The summed E-state index contributed by atoms with van der Waals surface area (Å²) >= 11 is 1.47. The van der Waals surface area contributed by atoms with E-state index in [-0.39, 0.29) is 5.78 Å². The Hall–Kier alpha value is -0.670. The molecule has 0 aliphatic carbocycles. The van der Waals surface area contributed by atoms with Crippen LogP contribution in [-0.4, -0.2) is 11.3 Å². The summed E-state index contributed by atoms with van der Waals surface area (Å²) in [6, 6.07) is 3.73. The van der Waals surface area contributed by atoms with Crippen LogP contribution < -0.4 is 5.73 Å². The van der Waals surface area contributed by atoms with Gasteiger partial charge in [-0.25, -0.2) is 0 Å². The molecule has 0 saturated heterocycles. The quantitative estimate of drug-likeness (QED) is 0.781. The Morgan fingerprint density at radius 3 is 2.29 bits per heavy atom. The largest absolute Gasteiger partial charge is 0.325 e. The molecule has 0 spiro atoms. The van der Waals surface area contributed by atoms with E-state index in [9.17, 15) is 4.79 Å². The maximum atomic E-state index is 12.1. The Labute approximate surface area is 89.1 Å². The molecule has 0 atom stereocenters. The average molecular weight is 211 g/mol. The summed E-state index contributed by atoms with van der Waals surface area (Å²) in [5.74, 6) is 0.125. The van der Waals surface area contributed by atoms with E-state index in [1.807, 2.05) is 45.2 Å². The zero-order valence-electron chi connectivity index (χ0n) is 9.13. The number of nitrogens with two attached hydrogens (primary N) is 1. The highest BCUT2D eigenvalue weighted by Crippen LogP contribution is 2.33. The van der Waals surface area contributed by atoms with Crippen molar-refractivity contribution < 1.29 is 4.79 Å². The van der Waals surface area contributed by atoms with Crippen LogP contribution in [-0.2, 0) is 0 Å². The fourth-order valence-corrected chi connectivity index (χ4v) is 1.83. The van der Waals surface area contributed by atoms with Crippen LogP contribution in [0.2, 0.25) is 0 Å². The summed E-state index contributed by atoms with van der Waals surface area (Å²) in [6.07, 6.45) is 0. The molecule has 2 N–H and O–H groups in total. The first kappa shape index (κ1) is 11.4. The Morgan fingerprint density at radius 2 is 1.93 bits per heavy atom. The second kappa shape index (κ2) is 3.48. The fourth-order valence-electron chi connectivity index (χ4n) is 1.01. The lowest BCUT2D eigenvalue weighted by molar-refractivity contribution is 0.0740. The number of ketones is 1. The molecule has 1 heterocycles. The van der Waals surface area contributed by atoms with Crippen LogP contribution in [0.3, 0.4) is 0 Å². The maximum absolute atomic E-state index is 12.1. The van der Waals surface area contributed by atoms with Gasteiger partial charge >= 0.3 is 0 Å². The second-order valence-electron chi connectivity index (χ2n) is 4.65. The molecule has 0 saturated carbocycles. The van der Waals surface area contributed by atoms with Crippen molar-refractivity contribution in [2.24, 2.45) is 11.1 Å². The van der Waals surface area contributed by atoms with Crippen molar-refractivity contribution in [1.29, 1.82) is 0 Å². The van der Waals surface area contributed by atoms with Crippen LogP contribution in [0, 0.1) is 5.41 Å². The number of carbonyl (C=O) groups excluding carboxylic acids is 1. The predicted molar refractivity (Wildman–Crippen MR) is 60.7 cm³/mol. The summed E-state index contributed by atoms with van der Waals surface area (Å²) in [6.45, 7) is 7.57. The highest BCUT2D eigenvalue weighted by Gasteiger charge is 2.40. The van der Waals surface area contributed by atoms with Crippen molar-refractivity contribution in [3.05, 3.63) is 22.4 Å². The molecule has 0 radical (unpaired) electrons. The first-order valence-corrected chi connectivity index (χ1v) is 5.52. The molecule has 1 rings (SSSR count). The zero-order valence-corrected chi connectivity index (χ0v) is 9.94. The lowest BCUT2D eigenvalue weighted by Gasteiger charge is -2.36. The number of thiophene rings is 1. The summed E-state index contributed by atoms with van der Waals surface area (Å²) in [5, 5.41) is 1.91. The maximum Gasteiger partial charge on any atom is 0.180 e. The van der Waals surface area contributed by atoms with E-state index < -0.39 is 11.0 Å². The Morgan fingerprint density at radius 1 is 1.36 bits per heavy atom. The van der Waals surface area contributed by atoms with Crippen LogP contribution in [0.15, 0.2) is 17.5 Å². The molecule has 0 bridgehead atoms. The predicted octanol–water partition coefficient (Wildman–Crippen LogP) is 2.69. The molecule has 0 aliphatic heterocycles. The Kier molecular flexibility index (Phi) is 2.83. The van der Waals surface area contributed by atoms with Gasteiger partial charge in [0.2, 0.25) is 0 Å². The van der Waals surface area contributed by atoms with Gasteiger partial charge in [-0.2, -0.15) is 0 Å². The number of hydrogen-bond donors (Lipinski definition) is 1. The van der Waals surface area contributed by atoms with Crippen LogP contribution >= 0.6 is 11.3 Å². The minimum Gasteiger partial charge on any atom is -0.325 e. The molecule has 0 amide bonds. The highest BCUT2D eigenvalue weighted by molar-refractivity contribution is 7.12. The van der Waals surface area contributed by atoms with Crippen molar-refractivity contribution in [2.45, 2.75) is 33.2 Å². The van der Waals surface area contributed by atoms with E-state index in [1.54, 1.807) is 0 Å². The summed E-state index contributed by atoms with van der Waals surface area (Å²) in [5.41, 5.74) is 4.97. The van der Waals surface area contributed by atoms with Gasteiger partial charge in [-0.05, 0) is 25.3 Å². The molecule has 2 nitrogen and oxygen atoms in total. The molecule has 3 heteroatoms.